The lowest BCUT2D eigenvalue weighted by atomic mass is 9.85. The number of phenols is 1. The second-order valence-corrected chi connectivity index (χ2v) is 4.68. The molecule has 1 aromatic carbocycles. The van der Waals surface area contributed by atoms with Crippen LogP contribution in [0.4, 0.5) is 4.39 Å². The van der Waals surface area contributed by atoms with Gasteiger partial charge in [0.25, 0.3) is 0 Å². The van der Waals surface area contributed by atoms with Crippen molar-refractivity contribution in [2.45, 2.75) is 19.3 Å². The maximum atomic E-state index is 13.1. The van der Waals surface area contributed by atoms with Gasteiger partial charge in [-0.15, -0.1) is 0 Å². The molecule has 78 valence electrons. The molecule has 4 heteroatoms. The Morgan fingerprint density at radius 3 is 2.43 bits per heavy atom. The van der Waals surface area contributed by atoms with Crippen LogP contribution in [-0.4, -0.2) is 16.8 Å². The van der Waals surface area contributed by atoms with Crippen LogP contribution in [0, 0.1) is 5.82 Å². The van der Waals surface area contributed by atoms with Crippen molar-refractivity contribution >= 4 is 15.9 Å². The summed E-state index contributed by atoms with van der Waals surface area (Å²) in [5.41, 5.74) is 0.124. The van der Waals surface area contributed by atoms with E-state index in [1.54, 1.807) is 19.9 Å². The van der Waals surface area contributed by atoms with Gasteiger partial charge in [0.15, 0.2) is 11.6 Å². The summed E-state index contributed by atoms with van der Waals surface area (Å²) in [5.74, 6) is -1.08. The molecule has 0 radical (unpaired) electrons. The van der Waals surface area contributed by atoms with E-state index in [0.29, 0.717) is 10.0 Å². The number of aliphatic hydroxyl groups excluding tert-OH is 1. The average molecular weight is 263 g/mol. The molecule has 0 heterocycles. The lowest BCUT2D eigenvalue weighted by Gasteiger charge is -2.22. The van der Waals surface area contributed by atoms with Crippen LogP contribution in [0.3, 0.4) is 0 Å². The topological polar surface area (TPSA) is 40.5 Å². The zero-order chi connectivity index (χ0) is 10.9. The summed E-state index contributed by atoms with van der Waals surface area (Å²) in [4.78, 5) is 0. The van der Waals surface area contributed by atoms with Crippen molar-refractivity contribution < 1.29 is 14.6 Å². The number of phenolic OH excluding ortho intramolecular Hbond substituents is 1. The standard InChI is InChI=1S/C10H12BrFO2/c1-10(2,5-13)6-3-7(11)9(14)8(12)4-6/h3-4,13-14H,5H2,1-2H3. The highest BCUT2D eigenvalue weighted by molar-refractivity contribution is 9.10. The normalized spacial score (nSPS) is 11.8. The number of halogens is 2. The monoisotopic (exact) mass is 262 g/mol. The SMILES string of the molecule is CC(C)(CO)c1cc(F)c(O)c(Br)c1. The molecule has 0 unspecified atom stereocenters. The maximum Gasteiger partial charge on any atom is 0.166 e. The zero-order valence-electron chi connectivity index (χ0n) is 8.01. The van der Waals surface area contributed by atoms with Gasteiger partial charge in [-0.25, -0.2) is 4.39 Å². The summed E-state index contributed by atoms with van der Waals surface area (Å²) in [6, 6.07) is 2.84. The fourth-order valence-electron chi connectivity index (χ4n) is 1.05. The minimum atomic E-state index is -0.684. The van der Waals surface area contributed by atoms with Crippen LogP contribution < -0.4 is 0 Å². The summed E-state index contributed by atoms with van der Waals surface area (Å²) >= 11 is 3.05. The quantitative estimate of drug-likeness (QED) is 0.860. The second-order valence-electron chi connectivity index (χ2n) is 3.83. The summed E-state index contributed by atoms with van der Waals surface area (Å²) in [7, 11) is 0. The number of hydrogen-bond donors (Lipinski definition) is 2. The van der Waals surface area contributed by atoms with Gasteiger partial charge >= 0.3 is 0 Å². The van der Waals surface area contributed by atoms with Gasteiger partial charge in [-0.3, -0.25) is 0 Å². The van der Waals surface area contributed by atoms with Crippen LogP contribution in [0.25, 0.3) is 0 Å². The first-order chi connectivity index (χ1) is 6.38. The van der Waals surface area contributed by atoms with Crippen LogP contribution in [0.2, 0.25) is 0 Å². The fourth-order valence-corrected chi connectivity index (χ4v) is 1.48. The molecule has 0 aliphatic rings. The summed E-state index contributed by atoms with van der Waals surface area (Å²) in [6.07, 6.45) is 0. The molecule has 0 bridgehead atoms. The third-order valence-electron chi connectivity index (χ3n) is 2.19. The molecule has 0 saturated carbocycles. The van der Waals surface area contributed by atoms with Crippen molar-refractivity contribution in [3.8, 4) is 5.75 Å². The molecule has 0 aliphatic heterocycles. The summed E-state index contributed by atoms with van der Waals surface area (Å²) in [5, 5.41) is 18.3. The smallest absolute Gasteiger partial charge is 0.166 e. The van der Waals surface area contributed by atoms with Crippen LogP contribution in [0.5, 0.6) is 5.75 Å². The van der Waals surface area contributed by atoms with Gasteiger partial charge in [-0.2, -0.15) is 0 Å². The van der Waals surface area contributed by atoms with Crippen LogP contribution in [0.1, 0.15) is 19.4 Å². The number of aromatic hydroxyl groups is 1. The first-order valence-electron chi connectivity index (χ1n) is 4.18. The molecule has 0 spiro atoms. The molecule has 2 nitrogen and oxygen atoms in total. The van der Waals surface area contributed by atoms with Gasteiger partial charge in [-0.1, -0.05) is 13.8 Å². The Morgan fingerprint density at radius 2 is 2.00 bits per heavy atom. The van der Waals surface area contributed by atoms with Crippen LogP contribution in [-0.2, 0) is 5.41 Å². The lowest BCUT2D eigenvalue weighted by molar-refractivity contribution is 0.218. The Balaban J connectivity index is 3.26. The first-order valence-corrected chi connectivity index (χ1v) is 4.97. The van der Waals surface area contributed by atoms with E-state index in [1.807, 2.05) is 0 Å². The molecule has 1 aromatic rings. The molecule has 2 N–H and O–H groups in total. The maximum absolute atomic E-state index is 13.1. The Hall–Kier alpha value is -0.610. The Bertz CT molecular complexity index is 327. The Morgan fingerprint density at radius 1 is 1.43 bits per heavy atom. The molecule has 14 heavy (non-hydrogen) atoms. The largest absolute Gasteiger partial charge is 0.504 e. The average Bonchev–Trinajstić information content (AvgIpc) is 2.13. The molecular formula is C10H12BrFO2. The second kappa shape index (κ2) is 3.87. The molecule has 0 aliphatic carbocycles. The van der Waals surface area contributed by atoms with Gasteiger partial charge in [0.2, 0.25) is 0 Å². The van der Waals surface area contributed by atoms with Gasteiger partial charge in [0.1, 0.15) is 0 Å². The van der Waals surface area contributed by atoms with Crippen molar-refractivity contribution in [1.82, 2.24) is 0 Å². The highest BCUT2D eigenvalue weighted by Gasteiger charge is 2.22. The van der Waals surface area contributed by atoms with Gasteiger partial charge in [-0.05, 0) is 33.6 Å². The Labute approximate surface area is 90.5 Å². The first kappa shape index (κ1) is 11.5. The van der Waals surface area contributed by atoms with Gasteiger partial charge in [0.05, 0.1) is 11.1 Å². The highest BCUT2D eigenvalue weighted by Crippen LogP contribution is 2.33. The predicted molar refractivity (Wildman–Crippen MR) is 55.9 cm³/mol. The fraction of sp³-hybridized carbons (Fsp3) is 0.400. The highest BCUT2D eigenvalue weighted by atomic mass is 79.9. The number of rotatable bonds is 2. The van der Waals surface area contributed by atoms with Crippen LogP contribution in [0.15, 0.2) is 16.6 Å². The van der Waals surface area contributed by atoms with E-state index in [-0.39, 0.29) is 6.61 Å². The number of hydrogen-bond acceptors (Lipinski definition) is 2. The third-order valence-corrected chi connectivity index (χ3v) is 2.80. The van der Waals surface area contributed by atoms with Crippen molar-refractivity contribution in [3.05, 3.63) is 28.0 Å². The molecule has 0 amide bonds. The number of benzene rings is 1. The molecule has 0 atom stereocenters. The van der Waals surface area contributed by atoms with Gasteiger partial charge < -0.3 is 10.2 Å². The van der Waals surface area contributed by atoms with E-state index < -0.39 is 17.0 Å². The zero-order valence-corrected chi connectivity index (χ0v) is 9.60. The van der Waals surface area contributed by atoms with Crippen molar-refractivity contribution in [1.29, 1.82) is 0 Å². The summed E-state index contributed by atoms with van der Waals surface area (Å²) < 4.78 is 13.4. The Kier molecular flexibility index (Phi) is 3.17. The van der Waals surface area contributed by atoms with E-state index >= 15 is 0 Å². The van der Waals surface area contributed by atoms with E-state index in [1.165, 1.54) is 6.07 Å². The van der Waals surface area contributed by atoms with Crippen molar-refractivity contribution in [2.75, 3.05) is 6.61 Å². The molecule has 0 fully saturated rings. The van der Waals surface area contributed by atoms with E-state index in [9.17, 15) is 9.50 Å². The van der Waals surface area contributed by atoms with E-state index in [2.05, 4.69) is 15.9 Å². The summed E-state index contributed by atoms with van der Waals surface area (Å²) in [6.45, 7) is 3.51. The van der Waals surface area contributed by atoms with Crippen LogP contribution >= 0.6 is 15.9 Å². The lowest BCUT2D eigenvalue weighted by Crippen LogP contribution is -2.22. The molecular weight excluding hydrogens is 251 g/mol. The molecule has 0 saturated heterocycles. The minimum absolute atomic E-state index is 0.0797. The third kappa shape index (κ3) is 2.07. The van der Waals surface area contributed by atoms with E-state index in [4.69, 9.17) is 5.11 Å². The molecule has 0 aromatic heterocycles. The predicted octanol–water partition coefficient (Wildman–Crippen LogP) is 2.56. The van der Waals surface area contributed by atoms with Crippen molar-refractivity contribution in [2.24, 2.45) is 0 Å². The van der Waals surface area contributed by atoms with E-state index in [0.717, 1.165) is 0 Å². The number of aliphatic hydroxyl groups is 1. The minimum Gasteiger partial charge on any atom is -0.504 e. The van der Waals surface area contributed by atoms with Gasteiger partial charge in [0, 0.05) is 5.41 Å². The van der Waals surface area contributed by atoms with Crippen molar-refractivity contribution in [3.63, 3.8) is 0 Å². The molecule has 1 rings (SSSR count).